The monoisotopic (exact) mass is 474 g/mol. The van der Waals surface area contributed by atoms with Gasteiger partial charge in [-0.1, -0.05) is 11.6 Å². The van der Waals surface area contributed by atoms with Crippen molar-refractivity contribution in [2.24, 2.45) is 11.8 Å². The molecule has 3 aliphatic carbocycles. The molecule has 11 heteroatoms. The lowest BCUT2D eigenvalue weighted by Gasteiger charge is -2.51. The van der Waals surface area contributed by atoms with Crippen molar-refractivity contribution in [1.29, 1.82) is 0 Å². The Bertz CT molecular complexity index is 871. The first-order valence-corrected chi connectivity index (χ1v) is 11.1. The van der Waals surface area contributed by atoms with E-state index in [-0.39, 0.29) is 47.3 Å². The van der Waals surface area contributed by atoms with Crippen molar-refractivity contribution in [2.45, 2.75) is 63.3 Å². The summed E-state index contributed by atoms with van der Waals surface area (Å²) in [6.07, 6.45) is 2.56. The van der Waals surface area contributed by atoms with Crippen molar-refractivity contribution in [2.75, 3.05) is 6.61 Å². The van der Waals surface area contributed by atoms with E-state index in [9.17, 15) is 22.8 Å². The van der Waals surface area contributed by atoms with Crippen molar-refractivity contribution in [3.63, 3.8) is 0 Å². The highest BCUT2D eigenvalue weighted by molar-refractivity contribution is 6.30. The molecule has 5 rings (SSSR count). The number of carbonyl (C=O) groups is 2. The molecular formula is C21H26ClF3N4O3. The molecule has 4 atom stereocenters. The van der Waals surface area contributed by atoms with Gasteiger partial charge in [0.2, 0.25) is 5.91 Å². The summed E-state index contributed by atoms with van der Waals surface area (Å²) in [5.74, 6) is -0.599. The van der Waals surface area contributed by atoms with Gasteiger partial charge in [0.1, 0.15) is 17.6 Å². The number of alkyl halides is 2. The van der Waals surface area contributed by atoms with Gasteiger partial charge in [0.05, 0.1) is 5.02 Å². The topological polar surface area (TPSA) is 82.7 Å². The standard InChI is InChI=1S/C21H26ClF3N4O3/c1-10-4-18(29(28-10)21(24)25)20(31)27-17-8-16(11-5-12(17)6-11)26-19(30)9-32-13-2-3-14(22)15(23)7-13/h2-3,7,10-12,16-18,21,28H,4-6,8-9H2,1H3,(H,26,30)(H,27,31)/t10?,11?,12?,16-,17+,18?/m0/s1. The molecule has 2 bridgehead atoms. The van der Waals surface area contributed by atoms with Gasteiger partial charge in [-0.2, -0.15) is 13.8 Å². The largest absolute Gasteiger partial charge is 0.484 e. The van der Waals surface area contributed by atoms with E-state index in [0.29, 0.717) is 23.8 Å². The van der Waals surface area contributed by atoms with Gasteiger partial charge in [-0.25, -0.2) is 9.82 Å². The van der Waals surface area contributed by atoms with Crippen molar-refractivity contribution in [3.8, 4) is 5.75 Å². The van der Waals surface area contributed by atoms with Gasteiger partial charge in [0.25, 0.3) is 5.91 Å². The van der Waals surface area contributed by atoms with Gasteiger partial charge in [0, 0.05) is 24.2 Å². The van der Waals surface area contributed by atoms with Crippen LogP contribution in [-0.2, 0) is 9.59 Å². The number of hydrogen-bond acceptors (Lipinski definition) is 5. The Labute approximate surface area is 189 Å². The van der Waals surface area contributed by atoms with E-state index in [4.69, 9.17) is 16.3 Å². The smallest absolute Gasteiger partial charge is 0.307 e. The number of hydrogen-bond donors (Lipinski definition) is 3. The predicted octanol–water partition coefficient (Wildman–Crippen LogP) is 2.45. The van der Waals surface area contributed by atoms with E-state index in [2.05, 4.69) is 16.1 Å². The van der Waals surface area contributed by atoms with Crippen LogP contribution in [0.1, 0.15) is 32.6 Å². The molecule has 2 amide bonds. The van der Waals surface area contributed by atoms with Crippen LogP contribution in [0.15, 0.2) is 18.2 Å². The average Bonchev–Trinajstić information content (AvgIpc) is 3.10. The van der Waals surface area contributed by atoms with Gasteiger partial charge < -0.3 is 15.4 Å². The Hall–Kier alpha value is -2.04. The van der Waals surface area contributed by atoms with Gasteiger partial charge >= 0.3 is 6.55 Å². The number of rotatable bonds is 7. The summed E-state index contributed by atoms with van der Waals surface area (Å²) in [7, 11) is 0. The molecule has 3 saturated carbocycles. The summed E-state index contributed by atoms with van der Waals surface area (Å²) in [6, 6.07) is 2.48. The van der Waals surface area contributed by atoms with Crippen LogP contribution in [0.2, 0.25) is 5.02 Å². The number of fused-ring (bicyclic) bond motifs is 2. The van der Waals surface area contributed by atoms with Gasteiger partial charge in [-0.3, -0.25) is 9.59 Å². The van der Waals surface area contributed by atoms with Crippen LogP contribution < -0.4 is 20.8 Å². The highest BCUT2D eigenvalue weighted by Crippen LogP contribution is 2.46. The van der Waals surface area contributed by atoms with Crippen molar-refractivity contribution in [3.05, 3.63) is 29.0 Å². The second kappa shape index (κ2) is 9.44. The van der Waals surface area contributed by atoms with Crippen molar-refractivity contribution in [1.82, 2.24) is 21.1 Å². The summed E-state index contributed by atoms with van der Waals surface area (Å²) in [5.41, 5.74) is 2.63. The molecule has 0 aromatic heterocycles. The number of nitrogens with zero attached hydrogens (tertiary/aromatic N) is 1. The van der Waals surface area contributed by atoms with Crippen LogP contribution in [0.3, 0.4) is 0 Å². The Morgan fingerprint density at radius 1 is 1.19 bits per heavy atom. The zero-order chi connectivity index (χ0) is 23.0. The molecule has 4 fully saturated rings. The number of hydrazine groups is 1. The van der Waals surface area contributed by atoms with Crippen LogP contribution >= 0.6 is 11.6 Å². The number of ether oxygens (including phenoxy) is 1. The Balaban J connectivity index is 1.28. The van der Waals surface area contributed by atoms with Crippen molar-refractivity contribution < 1.29 is 27.5 Å². The van der Waals surface area contributed by atoms with E-state index < -0.39 is 24.3 Å². The Morgan fingerprint density at radius 3 is 2.53 bits per heavy atom. The second-order valence-corrected chi connectivity index (χ2v) is 9.25. The summed E-state index contributed by atoms with van der Waals surface area (Å²) in [6.45, 7) is -1.29. The van der Waals surface area contributed by atoms with Crippen molar-refractivity contribution >= 4 is 23.4 Å². The minimum atomic E-state index is -2.77. The maximum Gasteiger partial charge on any atom is 0.307 e. The number of carbonyl (C=O) groups excluding carboxylic acids is 2. The molecule has 0 radical (unpaired) electrons. The molecule has 0 spiro atoms. The maximum absolute atomic E-state index is 13.5. The molecule has 1 aromatic carbocycles. The van der Waals surface area contributed by atoms with Crippen LogP contribution in [0.5, 0.6) is 5.75 Å². The zero-order valence-electron chi connectivity index (χ0n) is 17.5. The normalized spacial score (nSPS) is 31.8. The van der Waals surface area contributed by atoms with E-state index in [1.807, 2.05) is 0 Å². The summed E-state index contributed by atoms with van der Waals surface area (Å²) >= 11 is 5.63. The third kappa shape index (κ3) is 4.97. The highest BCUT2D eigenvalue weighted by atomic mass is 35.5. The third-order valence-corrected chi connectivity index (χ3v) is 6.89. The summed E-state index contributed by atoms with van der Waals surface area (Å²) in [5, 5.41) is 6.55. The summed E-state index contributed by atoms with van der Waals surface area (Å²) < 4.78 is 45.3. The fraction of sp³-hybridized carbons (Fsp3) is 0.619. The van der Waals surface area contributed by atoms with Gasteiger partial charge in [-0.05, 0) is 56.6 Å². The Kier molecular flexibility index (Phi) is 6.83. The fourth-order valence-corrected chi connectivity index (χ4v) is 5.01. The number of amides is 2. The summed E-state index contributed by atoms with van der Waals surface area (Å²) in [4.78, 5) is 25.1. The Morgan fingerprint density at radius 2 is 1.88 bits per heavy atom. The van der Waals surface area contributed by atoms with Crippen LogP contribution in [0, 0.1) is 17.7 Å². The van der Waals surface area contributed by atoms with E-state index >= 15 is 0 Å². The molecule has 3 N–H and O–H groups in total. The first-order valence-electron chi connectivity index (χ1n) is 10.7. The molecule has 4 aliphatic rings. The molecule has 7 nitrogen and oxygen atoms in total. The lowest BCUT2D eigenvalue weighted by atomic mass is 9.60. The molecular weight excluding hydrogens is 449 g/mol. The molecule has 176 valence electrons. The van der Waals surface area contributed by atoms with Crippen LogP contribution in [-0.4, -0.2) is 54.1 Å². The first-order chi connectivity index (χ1) is 15.2. The molecule has 32 heavy (non-hydrogen) atoms. The lowest BCUT2D eigenvalue weighted by molar-refractivity contribution is -0.137. The molecule has 2 unspecified atom stereocenters. The molecule has 1 heterocycles. The van der Waals surface area contributed by atoms with E-state index in [1.54, 1.807) is 6.92 Å². The maximum atomic E-state index is 13.5. The minimum Gasteiger partial charge on any atom is -0.484 e. The zero-order valence-corrected chi connectivity index (χ0v) is 18.2. The number of nitrogens with one attached hydrogen (secondary N) is 3. The quantitative estimate of drug-likeness (QED) is 0.529. The van der Waals surface area contributed by atoms with Crippen LogP contribution in [0.4, 0.5) is 13.2 Å². The average molecular weight is 475 g/mol. The van der Waals surface area contributed by atoms with E-state index in [0.717, 1.165) is 18.9 Å². The highest BCUT2D eigenvalue weighted by Gasteiger charge is 2.48. The second-order valence-electron chi connectivity index (χ2n) is 8.85. The molecule has 1 saturated heterocycles. The van der Waals surface area contributed by atoms with Gasteiger partial charge in [-0.15, -0.1) is 0 Å². The molecule has 1 aromatic rings. The minimum absolute atomic E-state index is 0.0313. The molecule has 1 aliphatic heterocycles. The van der Waals surface area contributed by atoms with Gasteiger partial charge in [0.15, 0.2) is 6.61 Å². The predicted molar refractivity (Wildman–Crippen MR) is 110 cm³/mol. The van der Waals surface area contributed by atoms with E-state index in [1.165, 1.54) is 12.1 Å². The number of benzene rings is 1. The fourth-order valence-electron chi connectivity index (χ4n) is 4.89. The first kappa shape index (κ1) is 23.1. The third-order valence-electron chi connectivity index (χ3n) is 6.59. The number of halogens is 4. The van der Waals surface area contributed by atoms with Crippen LogP contribution in [0.25, 0.3) is 0 Å². The lowest BCUT2D eigenvalue weighted by Crippen LogP contribution is -2.61. The SMILES string of the molecule is CC1CC(C(=O)N[C@@H]2C[C@H](NC(=O)COc3ccc(Cl)c(F)c3)C3CC2C3)N(C(F)F)N1.